The number of hydrogen-bond donors (Lipinski definition) is 0. The van der Waals surface area contributed by atoms with E-state index in [9.17, 15) is 0 Å². The maximum atomic E-state index is 2.20. The van der Waals surface area contributed by atoms with E-state index in [-0.39, 0.29) is 0 Å². The van der Waals surface area contributed by atoms with Crippen molar-refractivity contribution in [1.29, 1.82) is 0 Å². The number of allylic oxidation sites excluding steroid dienone is 5. The Bertz CT molecular complexity index is 1550. The molecule has 5 aliphatic rings. The predicted octanol–water partition coefficient (Wildman–Crippen LogP) is 11.3. The minimum Gasteiger partial charge on any atom is -0.0795 e. The van der Waals surface area contributed by atoms with Gasteiger partial charge >= 0.3 is 0 Å². The SMILES string of the molecule is C1=Cc2ccccc2C1.C1=Cc2ccccc2C1.C1=Cc2ccccc2C1.C1=Cc2ccccc2C1.C1=Cc2ccccc2C1. The molecule has 10 rings (SSSR count). The summed E-state index contributed by atoms with van der Waals surface area (Å²) in [6.45, 7) is 0. The van der Waals surface area contributed by atoms with Crippen molar-refractivity contribution < 1.29 is 0 Å². The van der Waals surface area contributed by atoms with Crippen molar-refractivity contribution in [2.24, 2.45) is 0 Å². The van der Waals surface area contributed by atoms with Crippen molar-refractivity contribution in [3.63, 3.8) is 0 Å². The quantitative estimate of drug-likeness (QED) is 0.171. The molecule has 0 heterocycles. The lowest BCUT2D eigenvalue weighted by Gasteiger charge is -1.93. The topological polar surface area (TPSA) is 0 Å². The summed E-state index contributed by atoms with van der Waals surface area (Å²) in [5.74, 6) is 0. The van der Waals surface area contributed by atoms with Gasteiger partial charge in [0.15, 0.2) is 0 Å². The average Bonchev–Trinajstić information content (AvgIpc) is 3.95. The van der Waals surface area contributed by atoms with Crippen LogP contribution in [0.2, 0.25) is 0 Å². The zero-order valence-corrected chi connectivity index (χ0v) is 25.9. The van der Waals surface area contributed by atoms with Crippen LogP contribution in [0.4, 0.5) is 0 Å². The van der Waals surface area contributed by atoms with Gasteiger partial charge in [0.2, 0.25) is 0 Å². The van der Waals surface area contributed by atoms with Crippen molar-refractivity contribution in [3.05, 3.63) is 207 Å². The van der Waals surface area contributed by atoms with Gasteiger partial charge in [0.25, 0.3) is 0 Å². The van der Waals surface area contributed by atoms with Gasteiger partial charge in [-0.1, -0.05) is 182 Å². The second-order valence-corrected chi connectivity index (χ2v) is 11.5. The van der Waals surface area contributed by atoms with E-state index in [0.717, 1.165) is 32.1 Å². The van der Waals surface area contributed by atoms with E-state index in [1.54, 1.807) is 0 Å². The Morgan fingerprint density at radius 3 is 0.578 bits per heavy atom. The number of benzene rings is 5. The fraction of sp³-hybridized carbons (Fsp3) is 0.111. The summed E-state index contributed by atoms with van der Waals surface area (Å²) in [4.78, 5) is 0. The number of fused-ring (bicyclic) bond motifs is 5. The minimum absolute atomic E-state index is 1.12. The van der Waals surface area contributed by atoms with Gasteiger partial charge in [-0.25, -0.2) is 0 Å². The van der Waals surface area contributed by atoms with E-state index in [1.807, 2.05) is 0 Å². The molecule has 5 aromatic carbocycles. The Balaban J connectivity index is 0.0000000992. The van der Waals surface area contributed by atoms with Crippen LogP contribution in [0.25, 0.3) is 30.4 Å². The summed E-state index contributed by atoms with van der Waals surface area (Å²) in [5, 5.41) is 0. The van der Waals surface area contributed by atoms with Crippen molar-refractivity contribution >= 4 is 30.4 Å². The Labute approximate surface area is 269 Å². The van der Waals surface area contributed by atoms with Crippen LogP contribution < -0.4 is 0 Å². The van der Waals surface area contributed by atoms with E-state index >= 15 is 0 Å². The van der Waals surface area contributed by atoms with Gasteiger partial charge in [-0.15, -0.1) is 0 Å². The van der Waals surface area contributed by atoms with Crippen molar-refractivity contribution in [1.82, 2.24) is 0 Å². The molecule has 0 aliphatic heterocycles. The van der Waals surface area contributed by atoms with Crippen LogP contribution in [-0.2, 0) is 32.1 Å². The van der Waals surface area contributed by atoms with Crippen LogP contribution in [0.15, 0.2) is 152 Å². The van der Waals surface area contributed by atoms with Gasteiger partial charge in [0.05, 0.1) is 0 Å². The van der Waals surface area contributed by atoms with Gasteiger partial charge < -0.3 is 0 Å². The van der Waals surface area contributed by atoms with Crippen LogP contribution in [0.3, 0.4) is 0 Å². The lowest BCUT2D eigenvalue weighted by atomic mass is 10.1. The molecule has 0 N–H and O–H groups in total. The van der Waals surface area contributed by atoms with Gasteiger partial charge in [0.1, 0.15) is 0 Å². The van der Waals surface area contributed by atoms with Crippen molar-refractivity contribution in [2.75, 3.05) is 0 Å². The zero-order valence-electron chi connectivity index (χ0n) is 25.9. The maximum absolute atomic E-state index is 2.20. The molecule has 0 aromatic heterocycles. The molecule has 0 spiro atoms. The molecule has 220 valence electrons. The van der Waals surface area contributed by atoms with Crippen molar-refractivity contribution in [2.45, 2.75) is 32.1 Å². The maximum Gasteiger partial charge on any atom is -0.00882 e. The third kappa shape index (κ3) is 8.25. The summed E-state index contributed by atoms with van der Waals surface area (Å²) >= 11 is 0. The summed E-state index contributed by atoms with van der Waals surface area (Å²) in [5.41, 5.74) is 14.2. The van der Waals surface area contributed by atoms with Gasteiger partial charge in [-0.3, -0.25) is 0 Å². The highest BCUT2D eigenvalue weighted by Gasteiger charge is 2.03. The smallest absolute Gasteiger partial charge is 0.00882 e. The third-order valence-corrected chi connectivity index (χ3v) is 8.45. The number of rotatable bonds is 0. The second kappa shape index (κ2) is 15.5. The minimum atomic E-state index is 1.12. The molecule has 0 nitrogen and oxygen atoms in total. The molecule has 0 heteroatoms. The monoisotopic (exact) mass is 580 g/mol. The van der Waals surface area contributed by atoms with Crippen LogP contribution in [-0.4, -0.2) is 0 Å². The predicted molar refractivity (Wildman–Crippen MR) is 196 cm³/mol. The summed E-state index contributed by atoms with van der Waals surface area (Å²) in [7, 11) is 0. The molecule has 5 aromatic rings. The van der Waals surface area contributed by atoms with E-state index in [2.05, 4.69) is 182 Å². The van der Waals surface area contributed by atoms with Crippen LogP contribution in [0.1, 0.15) is 55.6 Å². The molecule has 0 unspecified atom stereocenters. The molecule has 0 amide bonds. The average molecular weight is 581 g/mol. The normalized spacial score (nSPS) is 13.8. The highest BCUT2D eigenvalue weighted by molar-refractivity contribution is 5.62. The molecule has 0 saturated carbocycles. The van der Waals surface area contributed by atoms with E-state index in [4.69, 9.17) is 0 Å². The molecule has 0 radical (unpaired) electrons. The highest BCUT2D eigenvalue weighted by atomic mass is 14.1. The second-order valence-electron chi connectivity index (χ2n) is 11.5. The molecule has 0 fully saturated rings. The molecule has 45 heavy (non-hydrogen) atoms. The van der Waals surface area contributed by atoms with E-state index in [1.165, 1.54) is 55.6 Å². The lowest BCUT2D eigenvalue weighted by molar-refractivity contribution is 1.31. The fourth-order valence-electron chi connectivity index (χ4n) is 5.98. The summed E-state index contributed by atoms with van der Waals surface area (Å²) in [6.07, 6.45) is 27.5. The Morgan fingerprint density at radius 1 is 0.222 bits per heavy atom. The standard InChI is InChI=1S/5C9H8/c5*1-2-5-9-7-3-6-8(9)4-1/h5*1-6H,7H2. The lowest BCUT2D eigenvalue weighted by Crippen LogP contribution is -1.76. The van der Waals surface area contributed by atoms with Crippen LogP contribution in [0.5, 0.6) is 0 Å². The van der Waals surface area contributed by atoms with Crippen LogP contribution >= 0.6 is 0 Å². The number of hydrogen-bond acceptors (Lipinski definition) is 0. The fourth-order valence-corrected chi connectivity index (χ4v) is 5.98. The zero-order chi connectivity index (χ0) is 30.5. The molecule has 5 aliphatic carbocycles. The Morgan fingerprint density at radius 2 is 0.400 bits per heavy atom. The van der Waals surface area contributed by atoms with E-state index in [0.29, 0.717) is 0 Å². The molecular formula is C45H40. The Hall–Kier alpha value is -5.20. The highest BCUT2D eigenvalue weighted by Crippen LogP contribution is 2.20. The third-order valence-electron chi connectivity index (χ3n) is 8.45. The van der Waals surface area contributed by atoms with Gasteiger partial charge in [0, 0.05) is 0 Å². The molecule has 0 bridgehead atoms. The van der Waals surface area contributed by atoms with Gasteiger partial charge in [-0.05, 0) is 87.7 Å². The van der Waals surface area contributed by atoms with Gasteiger partial charge in [-0.2, -0.15) is 0 Å². The Kier molecular flexibility index (Phi) is 10.3. The molecular weight excluding hydrogens is 540 g/mol. The first kappa shape index (κ1) is 29.9. The molecule has 0 atom stereocenters. The van der Waals surface area contributed by atoms with E-state index < -0.39 is 0 Å². The first-order chi connectivity index (χ1) is 22.3. The van der Waals surface area contributed by atoms with Crippen molar-refractivity contribution in [3.8, 4) is 0 Å². The largest absolute Gasteiger partial charge is 0.0795 e. The van der Waals surface area contributed by atoms with Crippen LogP contribution in [0, 0.1) is 0 Å². The first-order valence-electron chi connectivity index (χ1n) is 16.1. The summed E-state index contributed by atoms with van der Waals surface area (Å²) < 4.78 is 0. The molecule has 0 saturated heterocycles. The summed E-state index contributed by atoms with van der Waals surface area (Å²) in [6, 6.07) is 42.5. The first-order valence-corrected chi connectivity index (χ1v) is 16.1.